The second-order valence-corrected chi connectivity index (χ2v) is 12.8. The topological polar surface area (TPSA) is 29.5 Å². The molecular weight excluding hydrogens is 264 g/mol. The van der Waals surface area contributed by atoms with E-state index in [1.165, 1.54) is 5.57 Å². The lowest BCUT2D eigenvalue weighted by atomic mass is 9.90. The molecule has 20 heavy (non-hydrogen) atoms. The molecule has 0 aliphatic heterocycles. The van der Waals surface area contributed by atoms with Gasteiger partial charge in [-0.15, -0.1) is 0 Å². The molecule has 0 unspecified atom stereocenters. The van der Waals surface area contributed by atoms with Crippen LogP contribution < -0.4 is 0 Å². The summed E-state index contributed by atoms with van der Waals surface area (Å²) in [5, 5.41) is 9.34. The Bertz CT molecular complexity index is 299. The second kappa shape index (κ2) is 7.76. The molecule has 0 heterocycles. The Kier molecular flexibility index (Phi) is 6.96. The quantitative estimate of drug-likeness (QED) is 0.535. The van der Waals surface area contributed by atoms with E-state index in [0.717, 1.165) is 25.9 Å². The molecule has 1 aliphatic rings. The molecule has 0 aromatic rings. The average molecular weight is 299 g/mol. The lowest BCUT2D eigenvalue weighted by Crippen LogP contribution is -2.48. The fraction of sp³-hybridized carbons (Fsp3) is 0.882. The third-order valence-electron chi connectivity index (χ3n) is 5.03. The summed E-state index contributed by atoms with van der Waals surface area (Å²) in [4.78, 5) is 0. The Morgan fingerprint density at radius 3 is 2.15 bits per heavy atom. The first-order valence-corrected chi connectivity index (χ1v) is 10.4. The van der Waals surface area contributed by atoms with E-state index in [1.54, 1.807) is 0 Å². The van der Waals surface area contributed by atoms with Gasteiger partial charge < -0.3 is 9.53 Å². The molecule has 0 fully saturated rings. The van der Waals surface area contributed by atoms with E-state index in [1.807, 2.05) is 0 Å². The highest BCUT2D eigenvalue weighted by Gasteiger charge is 2.45. The largest absolute Gasteiger partial charge is 0.412 e. The fourth-order valence-corrected chi connectivity index (χ4v) is 9.51. The predicted molar refractivity (Wildman–Crippen MR) is 89.5 cm³/mol. The predicted octanol–water partition coefficient (Wildman–Crippen LogP) is 4.90. The van der Waals surface area contributed by atoms with Crippen molar-refractivity contribution in [1.82, 2.24) is 0 Å². The van der Waals surface area contributed by atoms with Crippen molar-refractivity contribution in [3.8, 4) is 0 Å². The zero-order valence-corrected chi connectivity index (χ0v) is 15.3. The van der Waals surface area contributed by atoms with Crippen molar-refractivity contribution in [2.75, 3.05) is 13.2 Å². The van der Waals surface area contributed by atoms with E-state index in [4.69, 9.17) is 4.43 Å². The number of hydrogen-bond acceptors (Lipinski definition) is 2. The van der Waals surface area contributed by atoms with Crippen molar-refractivity contribution in [2.24, 2.45) is 5.92 Å². The SMILES string of the molecule is CC(C)[Si](OCC1=CCC[C@H](CO)C1)(C(C)C)C(C)C. The van der Waals surface area contributed by atoms with Gasteiger partial charge in [-0.2, -0.15) is 0 Å². The molecule has 0 aromatic heterocycles. The van der Waals surface area contributed by atoms with Crippen LogP contribution in [0, 0.1) is 5.92 Å². The van der Waals surface area contributed by atoms with Crippen LogP contribution in [0.25, 0.3) is 0 Å². The standard InChI is InChI=1S/C17H34O2Si/c1-13(2)20(14(3)4,15(5)6)19-12-17-9-7-8-16(10-17)11-18/h9,13-16,18H,7-8,10-12H2,1-6H3/t16-/m0/s1. The van der Waals surface area contributed by atoms with Gasteiger partial charge in [-0.05, 0) is 47.4 Å². The van der Waals surface area contributed by atoms with Gasteiger partial charge in [0.05, 0.1) is 6.61 Å². The molecule has 0 spiro atoms. The maximum absolute atomic E-state index is 9.34. The van der Waals surface area contributed by atoms with Gasteiger partial charge in [0.1, 0.15) is 0 Å². The number of hydrogen-bond donors (Lipinski definition) is 1. The molecule has 1 N–H and O–H groups in total. The van der Waals surface area contributed by atoms with Crippen molar-refractivity contribution < 1.29 is 9.53 Å². The Morgan fingerprint density at radius 2 is 1.70 bits per heavy atom. The number of aliphatic hydroxyl groups excluding tert-OH is 1. The van der Waals surface area contributed by atoms with Crippen LogP contribution in [-0.4, -0.2) is 26.6 Å². The first-order chi connectivity index (χ1) is 9.34. The third-order valence-corrected chi connectivity index (χ3v) is 11.1. The molecule has 0 saturated heterocycles. The number of aliphatic hydroxyl groups is 1. The number of rotatable bonds is 7. The van der Waals surface area contributed by atoms with Crippen LogP contribution in [0.4, 0.5) is 0 Å². The van der Waals surface area contributed by atoms with Gasteiger partial charge in [0, 0.05) is 6.61 Å². The van der Waals surface area contributed by atoms with Crippen molar-refractivity contribution in [2.45, 2.75) is 77.4 Å². The van der Waals surface area contributed by atoms with Crippen LogP contribution in [0.15, 0.2) is 11.6 Å². The lowest BCUT2D eigenvalue weighted by Gasteiger charge is -2.42. The van der Waals surface area contributed by atoms with Gasteiger partial charge in [-0.3, -0.25) is 0 Å². The van der Waals surface area contributed by atoms with E-state index in [-0.39, 0.29) is 0 Å². The molecule has 3 heteroatoms. The summed E-state index contributed by atoms with van der Waals surface area (Å²) in [6.07, 6.45) is 5.59. The normalized spacial score (nSPS) is 20.9. The summed E-state index contributed by atoms with van der Waals surface area (Å²) in [5.41, 5.74) is 3.33. The molecule has 0 saturated carbocycles. The third kappa shape index (κ3) is 3.96. The number of allylic oxidation sites excluding steroid dienone is 1. The summed E-state index contributed by atoms with van der Waals surface area (Å²) in [6.45, 7) is 15.1. The maximum Gasteiger partial charge on any atom is 0.200 e. The molecule has 1 aliphatic carbocycles. The Morgan fingerprint density at radius 1 is 1.15 bits per heavy atom. The summed E-state index contributed by atoms with van der Waals surface area (Å²) in [6, 6.07) is 0. The van der Waals surface area contributed by atoms with Crippen LogP contribution in [0.2, 0.25) is 16.6 Å². The van der Waals surface area contributed by atoms with Crippen LogP contribution in [0.5, 0.6) is 0 Å². The van der Waals surface area contributed by atoms with Gasteiger partial charge in [0.25, 0.3) is 0 Å². The van der Waals surface area contributed by atoms with Crippen molar-refractivity contribution >= 4 is 8.32 Å². The molecule has 1 atom stereocenters. The van der Waals surface area contributed by atoms with Crippen molar-refractivity contribution in [3.05, 3.63) is 11.6 Å². The Labute approximate surface area is 126 Å². The molecule has 118 valence electrons. The van der Waals surface area contributed by atoms with E-state index < -0.39 is 8.32 Å². The maximum atomic E-state index is 9.34. The van der Waals surface area contributed by atoms with Gasteiger partial charge in [0.2, 0.25) is 8.32 Å². The minimum atomic E-state index is -1.75. The van der Waals surface area contributed by atoms with Gasteiger partial charge in [0.15, 0.2) is 0 Å². The monoisotopic (exact) mass is 298 g/mol. The van der Waals surface area contributed by atoms with E-state index in [2.05, 4.69) is 47.6 Å². The summed E-state index contributed by atoms with van der Waals surface area (Å²) in [5.74, 6) is 0.451. The van der Waals surface area contributed by atoms with Gasteiger partial charge in [-0.25, -0.2) is 0 Å². The highest BCUT2D eigenvalue weighted by atomic mass is 28.4. The fourth-order valence-electron chi connectivity index (χ4n) is 4.07. The molecule has 2 nitrogen and oxygen atoms in total. The van der Waals surface area contributed by atoms with Crippen molar-refractivity contribution in [3.63, 3.8) is 0 Å². The lowest BCUT2D eigenvalue weighted by molar-refractivity contribution is 0.207. The Balaban J connectivity index is 2.75. The first kappa shape index (κ1) is 17.9. The highest BCUT2D eigenvalue weighted by Crippen LogP contribution is 2.42. The molecule has 0 bridgehead atoms. The zero-order chi connectivity index (χ0) is 15.3. The molecular formula is C17H34O2Si. The van der Waals surface area contributed by atoms with Crippen LogP contribution in [0.1, 0.15) is 60.8 Å². The Hall–Kier alpha value is -0.123. The van der Waals surface area contributed by atoms with E-state index in [9.17, 15) is 5.11 Å². The molecule has 0 amide bonds. The van der Waals surface area contributed by atoms with E-state index in [0.29, 0.717) is 29.1 Å². The minimum Gasteiger partial charge on any atom is -0.412 e. The van der Waals surface area contributed by atoms with Crippen LogP contribution in [0.3, 0.4) is 0 Å². The first-order valence-electron chi connectivity index (χ1n) is 8.27. The molecule has 0 aromatic carbocycles. The minimum absolute atomic E-state index is 0.318. The summed E-state index contributed by atoms with van der Waals surface area (Å²) in [7, 11) is -1.75. The zero-order valence-electron chi connectivity index (χ0n) is 14.3. The second-order valence-electron chi connectivity index (χ2n) is 7.30. The van der Waals surface area contributed by atoms with Crippen molar-refractivity contribution in [1.29, 1.82) is 0 Å². The molecule has 0 radical (unpaired) electrons. The van der Waals surface area contributed by atoms with Gasteiger partial charge in [-0.1, -0.05) is 47.6 Å². The van der Waals surface area contributed by atoms with Crippen LogP contribution in [-0.2, 0) is 4.43 Å². The van der Waals surface area contributed by atoms with Crippen LogP contribution >= 0.6 is 0 Å². The average Bonchev–Trinajstić information content (AvgIpc) is 2.38. The molecule has 1 rings (SSSR count). The van der Waals surface area contributed by atoms with Gasteiger partial charge >= 0.3 is 0 Å². The summed E-state index contributed by atoms with van der Waals surface area (Å²) >= 11 is 0. The summed E-state index contributed by atoms with van der Waals surface area (Å²) < 4.78 is 6.64. The smallest absolute Gasteiger partial charge is 0.200 e. The highest BCUT2D eigenvalue weighted by molar-refractivity contribution is 6.77. The van der Waals surface area contributed by atoms with E-state index >= 15 is 0 Å².